The van der Waals surface area contributed by atoms with Crippen LogP contribution >= 0.6 is 11.6 Å². The third-order valence-electron chi connectivity index (χ3n) is 5.03. The van der Waals surface area contributed by atoms with Crippen molar-refractivity contribution in [3.63, 3.8) is 0 Å². The summed E-state index contributed by atoms with van der Waals surface area (Å²) in [5.74, 6) is 1.54. The van der Waals surface area contributed by atoms with E-state index in [4.69, 9.17) is 11.6 Å². The van der Waals surface area contributed by atoms with Gasteiger partial charge in [0.2, 0.25) is 0 Å². The fourth-order valence-corrected chi connectivity index (χ4v) is 4.34. The van der Waals surface area contributed by atoms with Crippen LogP contribution in [-0.4, -0.2) is 13.1 Å². The van der Waals surface area contributed by atoms with Gasteiger partial charge in [0.1, 0.15) is 0 Å². The monoisotopic (exact) mass is 263 g/mol. The summed E-state index contributed by atoms with van der Waals surface area (Å²) >= 11 is 6.17. The first-order valence-corrected chi connectivity index (χ1v) is 7.54. The minimum Gasteiger partial charge on any atom is -0.316 e. The summed E-state index contributed by atoms with van der Waals surface area (Å²) in [7, 11) is 0. The lowest BCUT2D eigenvalue weighted by atomic mass is 9.66. The van der Waals surface area contributed by atoms with Gasteiger partial charge in [-0.1, -0.05) is 37.1 Å². The Morgan fingerprint density at radius 3 is 2.94 bits per heavy atom. The van der Waals surface area contributed by atoms with E-state index < -0.39 is 0 Å². The highest BCUT2D eigenvalue weighted by Crippen LogP contribution is 2.54. The third-order valence-corrected chi connectivity index (χ3v) is 5.26. The van der Waals surface area contributed by atoms with Crippen LogP contribution in [0.15, 0.2) is 24.3 Å². The van der Waals surface area contributed by atoms with Crippen LogP contribution in [0.2, 0.25) is 5.02 Å². The van der Waals surface area contributed by atoms with Crippen LogP contribution in [0.4, 0.5) is 0 Å². The smallest absolute Gasteiger partial charge is 0.0408 e. The Labute approximate surface area is 115 Å². The van der Waals surface area contributed by atoms with Gasteiger partial charge in [0.25, 0.3) is 0 Å². The maximum Gasteiger partial charge on any atom is 0.0408 e. The molecule has 0 aromatic heterocycles. The van der Waals surface area contributed by atoms with Gasteiger partial charge in [-0.2, -0.15) is 0 Å². The van der Waals surface area contributed by atoms with Gasteiger partial charge in [0.15, 0.2) is 0 Å². The molecule has 1 N–H and O–H groups in total. The van der Waals surface area contributed by atoms with Crippen molar-refractivity contribution in [1.29, 1.82) is 0 Å². The van der Waals surface area contributed by atoms with Crippen LogP contribution in [-0.2, 0) is 0 Å². The predicted octanol–water partition coefficient (Wildman–Crippen LogP) is 4.22. The molecule has 0 bridgehead atoms. The van der Waals surface area contributed by atoms with Crippen LogP contribution in [0.25, 0.3) is 0 Å². The summed E-state index contributed by atoms with van der Waals surface area (Å²) in [6.45, 7) is 4.71. The number of benzene rings is 1. The molecule has 2 fully saturated rings. The number of hydrogen-bond acceptors (Lipinski definition) is 1. The van der Waals surface area contributed by atoms with Gasteiger partial charge < -0.3 is 5.32 Å². The average Bonchev–Trinajstić information content (AvgIpc) is 2.72. The molecule has 1 aromatic rings. The van der Waals surface area contributed by atoms with E-state index in [2.05, 4.69) is 30.4 Å². The molecule has 1 saturated carbocycles. The molecule has 2 aliphatic rings. The van der Waals surface area contributed by atoms with E-state index in [1.54, 1.807) is 0 Å². The van der Waals surface area contributed by atoms with Gasteiger partial charge in [-0.3, -0.25) is 0 Å². The zero-order valence-electron chi connectivity index (χ0n) is 11.1. The minimum atomic E-state index is 0.537. The fourth-order valence-electron chi connectivity index (χ4n) is 4.14. The summed E-state index contributed by atoms with van der Waals surface area (Å²) in [6, 6.07) is 8.50. The summed E-state index contributed by atoms with van der Waals surface area (Å²) in [4.78, 5) is 0. The Kier molecular flexibility index (Phi) is 3.38. The molecule has 0 amide bonds. The number of piperidine rings is 1. The van der Waals surface area contributed by atoms with Crippen molar-refractivity contribution in [1.82, 2.24) is 5.32 Å². The second-order valence-corrected chi connectivity index (χ2v) is 6.71. The van der Waals surface area contributed by atoms with Gasteiger partial charge >= 0.3 is 0 Å². The van der Waals surface area contributed by atoms with Crippen molar-refractivity contribution in [3.8, 4) is 0 Å². The quantitative estimate of drug-likeness (QED) is 0.800. The maximum absolute atomic E-state index is 6.17. The van der Waals surface area contributed by atoms with E-state index in [1.165, 1.54) is 37.8 Å². The Hall–Kier alpha value is -0.530. The number of hydrogen-bond donors (Lipinski definition) is 1. The first-order chi connectivity index (χ1) is 8.70. The predicted molar refractivity (Wildman–Crippen MR) is 77.1 cm³/mol. The van der Waals surface area contributed by atoms with E-state index in [-0.39, 0.29) is 0 Å². The van der Waals surface area contributed by atoms with E-state index in [1.807, 2.05) is 6.07 Å². The Balaban J connectivity index is 1.93. The first kappa shape index (κ1) is 12.5. The average molecular weight is 264 g/mol. The first-order valence-electron chi connectivity index (χ1n) is 7.16. The fraction of sp³-hybridized carbons (Fsp3) is 0.625. The van der Waals surface area contributed by atoms with E-state index >= 15 is 0 Å². The summed E-state index contributed by atoms with van der Waals surface area (Å²) in [5.41, 5.74) is 1.97. The Bertz CT molecular complexity index is 427. The van der Waals surface area contributed by atoms with E-state index in [0.717, 1.165) is 17.5 Å². The lowest BCUT2D eigenvalue weighted by Gasteiger charge is -2.42. The molecule has 1 aliphatic carbocycles. The van der Waals surface area contributed by atoms with Crippen LogP contribution in [0.3, 0.4) is 0 Å². The highest BCUT2D eigenvalue weighted by atomic mass is 35.5. The van der Waals surface area contributed by atoms with Gasteiger partial charge in [-0.25, -0.2) is 0 Å². The van der Waals surface area contributed by atoms with Crippen molar-refractivity contribution in [2.45, 2.75) is 38.5 Å². The van der Waals surface area contributed by atoms with Crippen LogP contribution in [0.5, 0.6) is 0 Å². The molecule has 1 aliphatic heterocycles. The van der Waals surface area contributed by atoms with E-state index in [9.17, 15) is 0 Å². The second kappa shape index (κ2) is 4.86. The van der Waals surface area contributed by atoms with Crippen molar-refractivity contribution in [3.05, 3.63) is 34.9 Å². The molecule has 1 saturated heterocycles. The standard InChI is InChI=1S/C16H22ClN/c1-12-5-6-16(10-12)7-8-18-11-15(16)13-3-2-4-14(17)9-13/h2-4,9,12,15,18H,5-8,10-11H2,1H3. The van der Waals surface area contributed by atoms with Crippen molar-refractivity contribution in [2.75, 3.05) is 13.1 Å². The molecule has 1 nitrogen and oxygen atoms in total. The highest BCUT2D eigenvalue weighted by molar-refractivity contribution is 6.30. The number of halogens is 1. The molecule has 1 heterocycles. The second-order valence-electron chi connectivity index (χ2n) is 6.27. The maximum atomic E-state index is 6.17. The zero-order chi connectivity index (χ0) is 12.6. The molecule has 1 aromatic carbocycles. The summed E-state index contributed by atoms with van der Waals surface area (Å²) < 4.78 is 0. The van der Waals surface area contributed by atoms with Gasteiger partial charge in [0.05, 0.1) is 0 Å². The third kappa shape index (κ3) is 2.19. The summed E-state index contributed by atoms with van der Waals surface area (Å²) in [5, 5.41) is 4.45. The van der Waals surface area contributed by atoms with Crippen LogP contribution < -0.4 is 5.32 Å². The Morgan fingerprint density at radius 2 is 2.22 bits per heavy atom. The zero-order valence-corrected chi connectivity index (χ0v) is 11.8. The van der Waals surface area contributed by atoms with Gasteiger partial charge in [-0.15, -0.1) is 0 Å². The molecule has 3 unspecified atom stereocenters. The SMILES string of the molecule is CC1CCC2(CCNCC2c2cccc(Cl)c2)C1. The van der Waals surface area contributed by atoms with Gasteiger partial charge in [-0.05, 0) is 54.8 Å². The topological polar surface area (TPSA) is 12.0 Å². The largest absolute Gasteiger partial charge is 0.316 e. The van der Waals surface area contributed by atoms with Crippen molar-refractivity contribution in [2.24, 2.45) is 11.3 Å². The van der Waals surface area contributed by atoms with Crippen LogP contribution in [0.1, 0.15) is 44.1 Å². The normalized spacial score (nSPS) is 36.1. The number of nitrogens with one attached hydrogen (secondary N) is 1. The lowest BCUT2D eigenvalue weighted by Crippen LogP contribution is -2.42. The Morgan fingerprint density at radius 1 is 1.33 bits per heavy atom. The minimum absolute atomic E-state index is 0.537. The molecular weight excluding hydrogens is 242 g/mol. The van der Waals surface area contributed by atoms with Crippen molar-refractivity contribution < 1.29 is 0 Å². The van der Waals surface area contributed by atoms with E-state index in [0.29, 0.717) is 11.3 Å². The molecule has 1 spiro atoms. The lowest BCUT2D eigenvalue weighted by molar-refractivity contribution is 0.164. The van der Waals surface area contributed by atoms with Crippen molar-refractivity contribution >= 4 is 11.6 Å². The number of rotatable bonds is 1. The van der Waals surface area contributed by atoms with Gasteiger partial charge in [0, 0.05) is 17.5 Å². The summed E-state index contributed by atoms with van der Waals surface area (Å²) in [6.07, 6.45) is 5.52. The molecular formula is C16H22ClN. The molecule has 2 heteroatoms. The molecule has 3 rings (SSSR count). The molecule has 18 heavy (non-hydrogen) atoms. The highest BCUT2D eigenvalue weighted by Gasteiger charge is 2.45. The van der Waals surface area contributed by atoms with Crippen LogP contribution in [0, 0.1) is 11.3 Å². The molecule has 0 radical (unpaired) electrons. The molecule has 98 valence electrons. The molecule has 3 atom stereocenters.